The summed E-state index contributed by atoms with van der Waals surface area (Å²) in [5.41, 5.74) is 5.93. The van der Waals surface area contributed by atoms with E-state index in [1.165, 1.54) is 11.1 Å². The molecular formula is C17H18BrN3. The Kier molecular flexibility index (Phi) is 4.64. The molecule has 1 N–H and O–H groups in total. The van der Waals surface area contributed by atoms with Gasteiger partial charge in [-0.2, -0.15) is 5.26 Å². The summed E-state index contributed by atoms with van der Waals surface area (Å²) in [5, 5.41) is 12.6. The van der Waals surface area contributed by atoms with Crippen molar-refractivity contribution in [1.82, 2.24) is 4.98 Å². The Hall–Kier alpha value is -1.86. The van der Waals surface area contributed by atoms with E-state index in [-0.39, 0.29) is 6.04 Å². The van der Waals surface area contributed by atoms with Gasteiger partial charge in [0.2, 0.25) is 0 Å². The number of aryl methyl sites for hydroxylation is 3. The summed E-state index contributed by atoms with van der Waals surface area (Å²) < 4.78 is 0.951. The van der Waals surface area contributed by atoms with E-state index in [2.05, 4.69) is 52.2 Å². The third-order valence-electron chi connectivity index (χ3n) is 3.49. The molecule has 0 bridgehead atoms. The molecule has 108 valence electrons. The van der Waals surface area contributed by atoms with Crippen LogP contribution >= 0.6 is 15.9 Å². The summed E-state index contributed by atoms with van der Waals surface area (Å²) in [5.74, 6) is 0. The van der Waals surface area contributed by atoms with Crippen LogP contribution in [0.5, 0.6) is 0 Å². The zero-order valence-electron chi connectivity index (χ0n) is 12.7. The lowest BCUT2D eigenvalue weighted by atomic mass is 10.00. The van der Waals surface area contributed by atoms with E-state index in [1.807, 2.05) is 32.0 Å². The van der Waals surface area contributed by atoms with Crippen molar-refractivity contribution in [2.75, 3.05) is 5.32 Å². The Labute approximate surface area is 134 Å². The summed E-state index contributed by atoms with van der Waals surface area (Å²) in [7, 11) is 0. The molecule has 21 heavy (non-hydrogen) atoms. The molecule has 0 amide bonds. The number of hydrogen-bond acceptors (Lipinski definition) is 3. The molecule has 1 atom stereocenters. The average Bonchev–Trinajstić information content (AvgIpc) is 2.37. The summed E-state index contributed by atoms with van der Waals surface area (Å²) in [6.45, 7) is 8.22. The molecule has 0 aliphatic carbocycles. The molecule has 3 nitrogen and oxygen atoms in total. The van der Waals surface area contributed by atoms with E-state index in [0.717, 1.165) is 21.5 Å². The van der Waals surface area contributed by atoms with E-state index in [1.54, 1.807) is 0 Å². The van der Waals surface area contributed by atoms with E-state index < -0.39 is 0 Å². The molecule has 1 heterocycles. The van der Waals surface area contributed by atoms with E-state index in [9.17, 15) is 5.26 Å². The maximum Gasteiger partial charge on any atom is 0.101 e. The first-order valence-electron chi connectivity index (χ1n) is 6.83. The third-order valence-corrected chi connectivity index (χ3v) is 3.98. The molecule has 0 aliphatic heterocycles. The number of nitrogens with one attached hydrogen (secondary N) is 1. The minimum Gasteiger partial charge on any atom is -0.377 e. The summed E-state index contributed by atoms with van der Waals surface area (Å²) in [6.07, 6.45) is 0. The number of nitrogens with zero attached hydrogens (tertiary/aromatic N) is 2. The smallest absolute Gasteiger partial charge is 0.101 e. The molecule has 1 aromatic carbocycles. The molecule has 2 rings (SSSR count). The molecule has 0 saturated heterocycles. The van der Waals surface area contributed by atoms with Gasteiger partial charge >= 0.3 is 0 Å². The van der Waals surface area contributed by atoms with E-state index in [4.69, 9.17) is 0 Å². The van der Waals surface area contributed by atoms with Gasteiger partial charge in [0.1, 0.15) is 6.07 Å². The number of benzene rings is 1. The minimum absolute atomic E-state index is 0.0829. The van der Waals surface area contributed by atoms with Gasteiger partial charge in [-0.3, -0.25) is 4.98 Å². The van der Waals surface area contributed by atoms with Gasteiger partial charge in [0.25, 0.3) is 0 Å². The van der Waals surface area contributed by atoms with Crippen molar-refractivity contribution in [2.45, 2.75) is 33.7 Å². The third kappa shape index (κ3) is 3.43. The number of rotatable bonds is 3. The van der Waals surface area contributed by atoms with Crippen molar-refractivity contribution in [3.05, 3.63) is 56.8 Å². The van der Waals surface area contributed by atoms with Crippen LogP contribution < -0.4 is 5.32 Å². The van der Waals surface area contributed by atoms with Gasteiger partial charge in [-0.05, 0) is 63.1 Å². The highest BCUT2D eigenvalue weighted by molar-refractivity contribution is 9.10. The Morgan fingerprint density at radius 2 is 1.95 bits per heavy atom. The van der Waals surface area contributed by atoms with Crippen molar-refractivity contribution >= 4 is 21.6 Å². The SMILES string of the molecule is Cc1cc(C)c(C(C)Nc2cc(Br)ccc2C#N)c(C)n1. The maximum absolute atomic E-state index is 9.22. The van der Waals surface area contributed by atoms with Gasteiger partial charge in [-0.15, -0.1) is 0 Å². The van der Waals surface area contributed by atoms with Crippen LogP contribution in [0.15, 0.2) is 28.7 Å². The average molecular weight is 344 g/mol. The Morgan fingerprint density at radius 3 is 2.57 bits per heavy atom. The molecule has 2 aromatic rings. The fraction of sp³-hybridized carbons (Fsp3) is 0.294. The van der Waals surface area contributed by atoms with Crippen LogP contribution in [0.2, 0.25) is 0 Å². The van der Waals surface area contributed by atoms with Gasteiger partial charge in [0.15, 0.2) is 0 Å². The zero-order chi connectivity index (χ0) is 15.6. The fourth-order valence-corrected chi connectivity index (χ4v) is 3.09. The zero-order valence-corrected chi connectivity index (χ0v) is 14.2. The predicted octanol–water partition coefficient (Wildman–Crippen LogP) is 4.81. The second-order valence-corrected chi connectivity index (χ2v) is 6.16. The molecule has 0 spiro atoms. The van der Waals surface area contributed by atoms with Gasteiger partial charge in [-0.25, -0.2) is 0 Å². The topological polar surface area (TPSA) is 48.7 Å². The number of hydrogen-bond donors (Lipinski definition) is 1. The maximum atomic E-state index is 9.22. The first-order valence-corrected chi connectivity index (χ1v) is 7.62. The first-order chi connectivity index (χ1) is 9.92. The lowest BCUT2D eigenvalue weighted by Gasteiger charge is -2.21. The first kappa shape index (κ1) is 15.5. The molecule has 1 aromatic heterocycles. The minimum atomic E-state index is 0.0829. The van der Waals surface area contributed by atoms with Crippen LogP contribution in [0, 0.1) is 32.1 Å². The Morgan fingerprint density at radius 1 is 1.24 bits per heavy atom. The normalized spacial score (nSPS) is 11.8. The van der Waals surface area contributed by atoms with Crippen LogP contribution in [0.1, 0.15) is 41.0 Å². The number of aromatic nitrogens is 1. The van der Waals surface area contributed by atoms with E-state index >= 15 is 0 Å². The fourth-order valence-electron chi connectivity index (χ4n) is 2.73. The molecule has 0 saturated carbocycles. The number of nitriles is 1. The second kappa shape index (κ2) is 6.28. The summed E-state index contributed by atoms with van der Waals surface area (Å²) in [6, 6.07) is 10.0. The van der Waals surface area contributed by atoms with Crippen molar-refractivity contribution in [2.24, 2.45) is 0 Å². The van der Waals surface area contributed by atoms with E-state index in [0.29, 0.717) is 5.56 Å². The lowest BCUT2D eigenvalue weighted by molar-refractivity contribution is 0.842. The summed E-state index contributed by atoms with van der Waals surface area (Å²) in [4.78, 5) is 4.54. The van der Waals surface area contributed by atoms with Crippen LogP contribution in [0.25, 0.3) is 0 Å². The summed E-state index contributed by atoms with van der Waals surface area (Å²) >= 11 is 3.45. The van der Waals surface area contributed by atoms with Crippen LogP contribution in [0.3, 0.4) is 0 Å². The molecule has 4 heteroatoms. The molecule has 0 aliphatic rings. The standard InChI is InChI=1S/C17H18BrN3/c1-10-7-11(2)20-12(3)17(10)13(4)21-16-8-15(18)6-5-14(16)9-19/h5-8,13,21H,1-4H3. The Bertz CT molecular complexity index is 693. The van der Waals surface area contributed by atoms with Crippen molar-refractivity contribution in [3.8, 4) is 6.07 Å². The van der Waals surface area contributed by atoms with Crippen molar-refractivity contribution in [3.63, 3.8) is 0 Å². The largest absolute Gasteiger partial charge is 0.377 e. The van der Waals surface area contributed by atoms with Crippen LogP contribution in [-0.4, -0.2) is 4.98 Å². The highest BCUT2D eigenvalue weighted by atomic mass is 79.9. The highest BCUT2D eigenvalue weighted by Gasteiger charge is 2.14. The molecule has 1 unspecified atom stereocenters. The lowest BCUT2D eigenvalue weighted by Crippen LogP contribution is -2.12. The number of halogens is 1. The van der Waals surface area contributed by atoms with Gasteiger partial charge in [0, 0.05) is 15.9 Å². The van der Waals surface area contributed by atoms with Crippen LogP contribution in [-0.2, 0) is 0 Å². The van der Waals surface area contributed by atoms with Gasteiger partial charge in [-0.1, -0.05) is 15.9 Å². The van der Waals surface area contributed by atoms with Gasteiger partial charge < -0.3 is 5.32 Å². The molecule has 0 fully saturated rings. The predicted molar refractivity (Wildman–Crippen MR) is 89.3 cm³/mol. The van der Waals surface area contributed by atoms with Crippen LogP contribution in [0.4, 0.5) is 5.69 Å². The van der Waals surface area contributed by atoms with Crippen molar-refractivity contribution in [1.29, 1.82) is 5.26 Å². The second-order valence-electron chi connectivity index (χ2n) is 5.25. The quantitative estimate of drug-likeness (QED) is 0.869. The monoisotopic (exact) mass is 343 g/mol. The highest BCUT2D eigenvalue weighted by Crippen LogP contribution is 2.28. The number of anilines is 1. The number of pyridine rings is 1. The molecular weight excluding hydrogens is 326 g/mol. The van der Waals surface area contributed by atoms with Gasteiger partial charge in [0.05, 0.1) is 17.3 Å². The molecule has 0 radical (unpaired) electrons. The van der Waals surface area contributed by atoms with Crippen molar-refractivity contribution < 1.29 is 0 Å². The Balaban J connectivity index is 2.37.